The number of nitrogens with two attached hydrogens (primary N) is 1. The van der Waals surface area contributed by atoms with Crippen LogP contribution in [-0.4, -0.2) is 28.3 Å². The maximum Gasteiger partial charge on any atom is 0.188 e. The van der Waals surface area contributed by atoms with Gasteiger partial charge in [-0.1, -0.05) is 6.92 Å². The van der Waals surface area contributed by atoms with Crippen molar-refractivity contribution in [2.24, 2.45) is 10.7 Å². The molecular formula is C13H26IN5. The molecule has 0 bridgehead atoms. The van der Waals surface area contributed by atoms with Crippen molar-refractivity contribution in [1.29, 1.82) is 0 Å². The van der Waals surface area contributed by atoms with Crippen molar-refractivity contribution in [3.05, 3.63) is 17.5 Å². The highest BCUT2D eigenvalue weighted by Gasteiger charge is 2.01. The molecule has 0 fully saturated rings. The summed E-state index contributed by atoms with van der Waals surface area (Å²) in [6.45, 7) is 9.91. The highest BCUT2D eigenvalue weighted by Crippen LogP contribution is 2.02. The Morgan fingerprint density at radius 3 is 2.74 bits per heavy atom. The molecule has 0 aliphatic heterocycles. The molecule has 19 heavy (non-hydrogen) atoms. The molecule has 0 saturated heterocycles. The van der Waals surface area contributed by atoms with Gasteiger partial charge in [-0.15, -0.1) is 24.0 Å². The third kappa shape index (κ3) is 6.79. The number of guanidine groups is 1. The van der Waals surface area contributed by atoms with Gasteiger partial charge >= 0.3 is 0 Å². The zero-order valence-corrected chi connectivity index (χ0v) is 14.6. The van der Waals surface area contributed by atoms with Crippen molar-refractivity contribution in [2.75, 3.05) is 6.54 Å². The number of aliphatic imine (C=N–C) groups is 1. The van der Waals surface area contributed by atoms with Gasteiger partial charge in [0, 0.05) is 24.8 Å². The second kappa shape index (κ2) is 9.17. The highest BCUT2D eigenvalue weighted by atomic mass is 127. The molecule has 0 radical (unpaired) electrons. The SMILES string of the molecule is CCC(C)NC(N)=NCCCn1nc(C)cc1C.I. The summed E-state index contributed by atoms with van der Waals surface area (Å²) in [6, 6.07) is 2.46. The molecule has 1 rings (SSSR count). The van der Waals surface area contributed by atoms with E-state index in [0.29, 0.717) is 12.0 Å². The molecule has 5 nitrogen and oxygen atoms in total. The number of rotatable bonds is 6. The first kappa shape index (κ1) is 18.2. The molecule has 0 aliphatic rings. The van der Waals surface area contributed by atoms with Crippen molar-refractivity contribution < 1.29 is 0 Å². The number of halogens is 1. The summed E-state index contributed by atoms with van der Waals surface area (Å²) in [5, 5.41) is 7.56. The second-order valence-corrected chi connectivity index (χ2v) is 4.72. The van der Waals surface area contributed by atoms with Crippen LogP contribution in [-0.2, 0) is 6.54 Å². The lowest BCUT2D eigenvalue weighted by Crippen LogP contribution is -2.38. The van der Waals surface area contributed by atoms with E-state index in [-0.39, 0.29) is 24.0 Å². The first-order chi connectivity index (χ1) is 8.52. The normalized spacial score (nSPS) is 12.9. The predicted molar refractivity (Wildman–Crippen MR) is 91.1 cm³/mol. The topological polar surface area (TPSA) is 68.2 Å². The summed E-state index contributed by atoms with van der Waals surface area (Å²) in [4.78, 5) is 4.31. The van der Waals surface area contributed by atoms with Crippen LogP contribution < -0.4 is 11.1 Å². The van der Waals surface area contributed by atoms with Gasteiger partial charge in [0.25, 0.3) is 0 Å². The number of hydrogen-bond donors (Lipinski definition) is 2. The lowest BCUT2D eigenvalue weighted by molar-refractivity contribution is 0.566. The summed E-state index contributed by atoms with van der Waals surface area (Å²) in [5.74, 6) is 0.540. The van der Waals surface area contributed by atoms with Crippen LogP contribution in [0.5, 0.6) is 0 Å². The van der Waals surface area contributed by atoms with Crippen LogP contribution in [0.3, 0.4) is 0 Å². The number of nitrogens with one attached hydrogen (secondary N) is 1. The largest absolute Gasteiger partial charge is 0.370 e. The van der Waals surface area contributed by atoms with Crippen LogP contribution >= 0.6 is 24.0 Å². The molecule has 1 heterocycles. The minimum atomic E-state index is 0. The highest BCUT2D eigenvalue weighted by molar-refractivity contribution is 14.0. The van der Waals surface area contributed by atoms with Crippen LogP contribution in [0.2, 0.25) is 0 Å². The monoisotopic (exact) mass is 379 g/mol. The standard InChI is InChI=1S/C13H25N5.HI/c1-5-10(2)16-13(14)15-7-6-8-18-12(4)9-11(3)17-18;/h9-10H,5-8H2,1-4H3,(H3,14,15,16);1H. The van der Waals surface area contributed by atoms with Crippen LogP contribution in [0.25, 0.3) is 0 Å². The Labute approximate surface area is 133 Å². The fourth-order valence-electron chi connectivity index (χ4n) is 1.72. The molecule has 1 atom stereocenters. The van der Waals surface area contributed by atoms with E-state index in [1.165, 1.54) is 5.69 Å². The van der Waals surface area contributed by atoms with Crippen molar-refractivity contribution in [2.45, 2.75) is 53.1 Å². The summed E-state index contributed by atoms with van der Waals surface area (Å²) in [5.41, 5.74) is 8.04. The second-order valence-electron chi connectivity index (χ2n) is 4.72. The van der Waals surface area contributed by atoms with Gasteiger partial charge in [-0.05, 0) is 39.7 Å². The summed E-state index contributed by atoms with van der Waals surface area (Å²) < 4.78 is 2.02. The summed E-state index contributed by atoms with van der Waals surface area (Å²) in [7, 11) is 0. The molecule has 6 heteroatoms. The van der Waals surface area contributed by atoms with Crippen molar-refractivity contribution in [3.8, 4) is 0 Å². The smallest absolute Gasteiger partial charge is 0.188 e. The average Bonchev–Trinajstić information content (AvgIpc) is 2.63. The molecule has 0 saturated carbocycles. The molecule has 1 unspecified atom stereocenters. The van der Waals surface area contributed by atoms with Gasteiger partial charge in [0.2, 0.25) is 0 Å². The molecule has 0 aromatic carbocycles. The summed E-state index contributed by atoms with van der Waals surface area (Å²) in [6.07, 6.45) is 1.99. The molecule has 3 N–H and O–H groups in total. The number of aryl methyl sites for hydroxylation is 3. The van der Waals surface area contributed by atoms with Gasteiger partial charge in [-0.2, -0.15) is 5.10 Å². The Hall–Kier alpha value is -0.790. The van der Waals surface area contributed by atoms with Gasteiger partial charge in [0.05, 0.1) is 5.69 Å². The fraction of sp³-hybridized carbons (Fsp3) is 0.692. The van der Waals surface area contributed by atoms with E-state index in [9.17, 15) is 0 Å². The van der Waals surface area contributed by atoms with Crippen LogP contribution in [0, 0.1) is 13.8 Å². The molecule has 0 spiro atoms. The molecule has 0 aliphatic carbocycles. The third-order valence-corrected chi connectivity index (χ3v) is 2.92. The Morgan fingerprint density at radius 1 is 1.53 bits per heavy atom. The van der Waals surface area contributed by atoms with Crippen LogP contribution in [0.4, 0.5) is 0 Å². The van der Waals surface area contributed by atoms with E-state index in [4.69, 9.17) is 5.73 Å². The zero-order valence-electron chi connectivity index (χ0n) is 12.3. The van der Waals surface area contributed by atoms with Gasteiger partial charge in [0.15, 0.2) is 5.96 Å². The lowest BCUT2D eigenvalue weighted by Gasteiger charge is -2.11. The first-order valence-corrected chi connectivity index (χ1v) is 6.60. The zero-order chi connectivity index (χ0) is 13.5. The number of hydrogen-bond acceptors (Lipinski definition) is 2. The number of nitrogens with zero attached hydrogens (tertiary/aromatic N) is 3. The average molecular weight is 379 g/mol. The predicted octanol–water partition coefficient (Wildman–Crippen LogP) is 2.21. The first-order valence-electron chi connectivity index (χ1n) is 6.60. The molecule has 1 aromatic heterocycles. The fourth-order valence-corrected chi connectivity index (χ4v) is 1.72. The van der Waals surface area contributed by atoms with Gasteiger partial charge < -0.3 is 11.1 Å². The Morgan fingerprint density at radius 2 is 2.21 bits per heavy atom. The van der Waals surface area contributed by atoms with E-state index in [1.54, 1.807) is 0 Å². The Balaban J connectivity index is 0.00000324. The van der Waals surface area contributed by atoms with Gasteiger partial charge in [-0.3, -0.25) is 9.67 Å². The van der Waals surface area contributed by atoms with Gasteiger partial charge in [-0.25, -0.2) is 0 Å². The van der Waals surface area contributed by atoms with E-state index < -0.39 is 0 Å². The van der Waals surface area contributed by atoms with Crippen molar-refractivity contribution in [3.63, 3.8) is 0 Å². The molecule has 110 valence electrons. The maximum atomic E-state index is 5.78. The van der Waals surface area contributed by atoms with Crippen molar-refractivity contribution in [1.82, 2.24) is 15.1 Å². The van der Waals surface area contributed by atoms with E-state index in [0.717, 1.165) is 31.6 Å². The maximum absolute atomic E-state index is 5.78. The summed E-state index contributed by atoms with van der Waals surface area (Å²) >= 11 is 0. The van der Waals surface area contributed by atoms with Crippen LogP contribution in [0.1, 0.15) is 38.1 Å². The van der Waals surface area contributed by atoms with E-state index >= 15 is 0 Å². The third-order valence-electron chi connectivity index (χ3n) is 2.92. The minimum absolute atomic E-state index is 0. The van der Waals surface area contributed by atoms with E-state index in [2.05, 4.69) is 42.2 Å². The molecule has 1 aromatic rings. The van der Waals surface area contributed by atoms with E-state index in [1.807, 2.05) is 11.6 Å². The van der Waals surface area contributed by atoms with Crippen LogP contribution in [0.15, 0.2) is 11.1 Å². The lowest BCUT2D eigenvalue weighted by atomic mass is 10.3. The quantitative estimate of drug-likeness (QED) is 0.345. The molecular weight excluding hydrogens is 353 g/mol. The van der Waals surface area contributed by atoms with Crippen molar-refractivity contribution >= 4 is 29.9 Å². The Bertz CT molecular complexity index is 400. The number of aromatic nitrogens is 2. The minimum Gasteiger partial charge on any atom is -0.370 e. The Kier molecular flexibility index (Phi) is 8.79. The van der Waals surface area contributed by atoms with Gasteiger partial charge in [0.1, 0.15) is 0 Å². The molecule has 0 amide bonds.